The van der Waals surface area contributed by atoms with Crippen LogP contribution in [0.1, 0.15) is 32.3 Å². The molecule has 0 radical (unpaired) electrons. The first-order valence-corrected chi connectivity index (χ1v) is 6.79. The smallest absolute Gasteiger partial charge is 0.238 e. The maximum atomic E-state index is 12.1. The van der Waals surface area contributed by atoms with E-state index >= 15 is 0 Å². The van der Waals surface area contributed by atoms with Crippen molar-refractivity contribution in [3.05, 3.63) is 23.8 Å². The maximum Gasteiger partial charge on any atom is 0.238 e. The molecule has 3 N–H and O–H groups in total. The predicted octanol–water partition coefficient (Wildman–Crippen LogP) is 2.39. The van der Waals surface area contributed by atoms with E-state index in [4.69, 9.17) is 5.73 Å². The molecule has 1 saturated heterocycles. The number of amides is 1. The molecule has 0 aliphatic carbocycles. The summed E-state index contributed by atoms with van der Waals surface area (Å²) in [6.07, 6.45) is 2.31. The van der Waals surface area contributed by atoms with Gasteiger partial charge in [-0.05, 0) is 57.9 Å². The number of aryl methyl sites for hydroxylation is 1. The minimum absolute atomic E-state index is 0.00512. The fourth-order valence-electron chi connectivity index (χ4n) is 2.62. The Bertz CT molecular complexity index is 482. The van der Waals surface area contributed by atoms with Gasteiger partial charge in [0.1, 0.15) is 0 Å². The third-order valence-corrected chi connectivity index (χ3v) is 3.89. The Kier molecular flexibility index (Phi) is 3.80. The molecule has 19 heavy (non-hydrogen) atoms. The van der Waals surface area contributed by atoms with E-state index in [0.29, 0.717) is 17.9 Å². The second-order valence-electron chi connectivity index (χ2n) is 5.98. The molecule has 0 spiro atoms. The first-order valence-electron chi connectivity index (χ1n) is 6.79. The summed E-state index contributed by atoms with van der Waals surface area (Å²) in [4.78, 5) is 14.3. The summed E-state index contributed by atoms with van der Waals surface area (Å²) in [6, 6.07) is 5.68. The van der Waals surface area contributed by atoms with E-state index in [1.165, 1.54) is 0 Å². The highest BCUT2D eigenvalue weighted by molar-refractivity contribution is 5.95. The normalized spacial score (nSPS) is 18.5. The largest absolute Gasteiger partial charge is 0.397 e. The van der Waals surface area contributed by atoms with E-state index in [1.54, 1.807) is 0 Å². The summed E-state index contributed by atoms with van der Waals surface area (Å²) >= 11 is 0. The molecule has 104 valence electrons. The second-order valence-corrected chi connectivity index (χ2v) is 5.98. The van der Waals surface area contributed by atoms with Gasteiger partial charge in [-0.15, -0.1) is 0 Å². The quantitative estimate of drug-likeness (QED) is 0.821. The van der Waals surface area contributed by atoms with Crippen molar-refractivity contribution < 1.29 is 4.79 Å². The number of hydrogen-bond acceptors (Lipinski definition) is 3. The predicted molar refractivity (Wildman–Crippen MR) is 79.1 cm³/mol. The molecule has 1 fully saturated rings. The molecule has 1 heterocycles. The number of likely N-dealkylation sites (tertiary alicyclic amines) is 1. The molecule has 0 unspecified atom stereocenters. The van der Waals surface area contributed by atoms with E-state index < -0.39 is 0 Å². The van der Waals surface area contributed by atoms with Crippen molar-refractivity contribution in [3.63, 3.8) is 0 Å². The van der Waals surface area contributed by atoms with Crippen LogP contribution in [0.4, 0.5) is 11.4 Å². The van der Waals surface area contributed by atoms with E-state index in [-0.39, 0.29) is 11.4 Å². The zero-order chi connectivity index (χ0) is 14.0. The van der Waals surface area contributed by atoms with Gasteiger partial charge in [0.25, 0.3) is 0 Å². The number of anilines is 2. The molecule has 0 atom stereocenters. The molecule has 1 amide bonds. The van der Waals surface area contributed by atoms with Gasteiger partial charge in [0, 0.05) is 5.54 Å². The number of carbonyl (C=O) groups is 1. The number of nitrogen functional groups attached to an aromatic ring is 1. The summed E-state index contributed by atoms with van der Waals surface area (Å²) in [7, 11) is 0. The van der Waals surface area contributed by atoms with Gasteiger partial charge in [-0.3, -0.25) is 9.69 Å². The number of nitrogens with zero attached hydrogens (tertiary/aromatic N) is 1. The molecular formula is C15H23N3O. The van der Waals surface area contributed by atoms with Gasteiger partial charge < -0.3 is 11.1 Å². The van der Waals surface area contributed by atoms with E-state index in [0.717, 1.165) is 24.9 Å². The minimum atomic E-state index is 0.00512. The number of benzene rings is 1. The molecule has 1 aromatic carbocycles. The monoisotopic (exact) mass is 261 g/mol. The molecule has 1 aromatic rings. The van der Waals surface area contributed by atoms with Crippen molar-refractivity contribution in [3.8, 4) is 0 Å². The van der Waals surface area contributed by atoms with Crippen molar-refractivity contribution in [2.45, 2.75) is 39.2 Å². The van der Waals surface area contributed by atoms with Crippen molar-refractivity contribution in [1.29, 1.82) is 0 Å². The summed E-state index contributed by atoms with van der Waals surface area (Å²) in [5, 5.41) is 2.90. The van der Waals surface area contributed by atoms with Crippen LogP contribution in [0.15, 0.2) is 18.2 Å². The zero-order valence-corrected chi connectivity index (χ0v) is 12.0. The summed E-state index contributed by atoms with van der Waals surface area (Å²) in [5.41, 5.74) is 8.44. The van der Waals surface area contributed by atoms with Crippen LogP contribution in [-0.2, 0) is 4.79 Å². The summed E-state index contributed by atoms with van der Waals surface area (Å²) < 4.78 is 0. The van der Waals surface area contributed by atoms with Crippen LogP contribution in [0.5, 0.6) is 0 Å². The number of rotatable bonds is 3. The van der Waals surface area contributed by atoms with Crippen LogP contribution >= 0.6 is 0 Å². The van der Waals surface area contributed by atoms with Crippen molar-refractivity contribution in [2.24, 2.45) is 0 Å². The van der Waals surface area contributed by atoms with Crippen LogP contribution in [0, 0.1) is 6.92 Å². The van der Waals surface area contributed by atoms with E-state index in [1.807, 2.05) is 25.1 Å². The van der Waals surface area contributed by atoms with E-state index in [2.05, 4.69) is 24.1 Å². The topological polar surface area (TPSA) is 58.4 Å². The number of hydrogen-bond donors (Lipinski definition) is 2. The maximum absolute atomic E-state index is 12.1. The average Bonchev–Trinajstić information content (AvgIpc) is 2.62. The molecular weight excluding hydrogens is 238 g/mol. The van der Waals surface area contributed by atoms with Gasteiger partial charge in [-0.1, -0.05) is 6.07 Å². The Balaban J connectivity index is 1.98. The number of nitrogens with one attached hydrogen (secondary N) is 1. The molecule has 0 aromatic heterocycles. The van der Waals surface area contributed by atoms with Gasteiger partial charge in [0.15, 0.2) is 0 Å². The van der Waals surface area contributed by atoms with Crippen molar-refractivity contribution in [2.75, 3.05) is 24.1 Å². The van der Waals surface area contributed by atoms with Gasteiger partial charge in [0.05, 0.1) is 17.9 Å². The van der Waals surface area contributed by atoms with Crippen LogP contribution in [0.3, 0.4) is 0 Å². The Morgan fingerprint density at radius 1 is 1.47 bits per heavy atom. The Hall–Kier alpha value is -1.55. The zero-order valence-electron chi connectivity index (χ0n) is 12.0. The molecule has 2 rings (SSSR count). The van der Waals surface area contributed by atoms with Crippen LogP contribution in [-0.4, -0.2) is 29.4 Å². The first-order chi connectivity index (χ1) is 8.88. The lowest BCUT2D eigenvalue weighted by Crippen LogP contribution is -2.43. The van der Waals surface area contributed by atoms with E-state index in [9.17, 15) is 4.79 Å². The molecule has 0 bridgehead atoms. The SMILES string of the molecule is Cc1ccc(NC(=O)CN2CCCC2(C)C)c(N)c1. The molecule has 1 aliphatic rings. The fourth-order valence-corrected chi connectivity index (χ4v) is 2.62. The third-order valence-electron chi connectivity index (χ3n) is 3.89. The third kappa shape index (κ3) is 3.26. The molecule has 4 heteroatoms. The van der Waals surface area contributed by atoms with Gasteiger partial charge in [-0.25, -0.2) is 0 Å². The number of nitrogens with two attached hydrogens (primary N) is 1. The summed E-state index contributed by atoms with van der Waals surface area (Å²) in [5.74, 6) is 0.00512. The fraction of sp³-hybridized carbons (Fsp3) is 0.533. The van der Waals surface area contributed by atoms with Gasteiger partial charge in [0.2, 0.25) is 5.91 Å². The lowest BCUT2D eigenvalue weighted by molar-refractivity contribution is -0.118. The Morgan fingerprint density at radius 2 is 2.21 bits per heavy atom. The van der Waals surface area contributed by atoms with Crippen molar-refractivity contribution >= 4 is 17.3 Å². The highest BCUT2D eigenvalue weighted by Crippen LogP contribution is 2.28. The standard InChI is InChI=1S/C15H23N3O/c1-11-5-6-13(12(16)9-11)17-14(19)10-18-8-4-7-15(18,2)3/h5-6,9H,4,7-8,10,16H2,1-3H3,(H,17,19). The van der Waals surface area contributed by atoms with Gasteiger partial charge >= 0.3 is 0 Å². The van der Waals surface area contributed by atoms with Crippen molar-refractivity contribution in [1.82, 2.24) is 4.90 Å². The molecule has 0 saturated carbocycles. The Morgan fingerprint density at radius 3 is 2.79 bits per heavy atom. The lowest BCUT2D eigenvalue weighted by Gasteiger charge is -2.30. The summed E-state index contributed by atoms with van der Waals surface area (Å²) in [6.45, 7) is 7.78. The van der Waals surface area contributed by atoms with Gasteiger partial charge in [-0.2, -0.15) is 0 Å². The lowest BCUT2D eigenvalue weighted by atomic mass is 10.0. The highest BCUT2D eigenvalue weighted by Gasteiger charge is 2.32. The molecule has 1 aliphatic heterocycles. The average molecular weight is 261 g/mol. The highest BCUT2D eigenvalue weighted by atomic mass is 16.2. The first kappa shape index (κ1) is 13.9. The number of carbonyl (C=O) groups excluding carboxylic acids is 1. The Labute approximate surface area is 115 Å². The van der Waals surface area contributed by atoms with Crippen LogP contribution < -0.4 is 11.1 Å². The van der Waals surface area contributed by atoms with Crippen LogP contribution in [0.25, 0.3) is 0 Å². The van der Waals surface area contributed by atoms with Crippen LogP contribution in [0.2, 0.25) is 0 Å². The minimum Gasteiger partial charge on any atom is -0.397 e. The second kappa shape index (κ2) is 5.21. The molecule has 4 nitrogen and oxygen atoms in total.